The molecule has 0 saturated heterocycles. The maximum Gasteiger partial charge on any atom is 0.120 e. The smallest absolute Gasteiger partial charge is 0.120 e. The van der Waals surface area contributed by atoms with Gasteiger partial charge in [0.05, 0.1) is 12.8 Å². The highest BCUT2D eigenvalue weighted by Crippen LogP contribution is 2.13. The van der Waals surface area contributed by atoms with E-state index in [4.69, 9.17) is 10.2 Å². The molecule has 2 N–H and O–H groups in total. The third-order valence-electron chi connectivity index (χ3n) is 2.29. The molecule has 0 spiro atoms. The Morgan fingerprint density at radius 2 is 2.43 bits per heavy atom. The van der Waals surface area contributed by atoms with Crippen molar-refractivity contribution in [3.05, 3.63) is 41.9 Å². The molecule has 2 rings (SSSR count). The molecule has 0 saturated carbocycles. The number of nitrogens with two attached hydrogens (primary N) is 1. The molecule has 0 aliphatic rings. The molecule has 0 radical (unpaired) electrons. The number of aryl methyl sites for hydroxylation is 1. The molecule has 0 unspecified atom stereocenters. The van der Waals surface area contributed by atoms with Crippen molar-refractivity contribution < 1.29 is 4.42 Å². The van der Waals surface area contributed by atoms with Gasteiger partial charge >= 0.3 is 0 Å². The minimum absolute atomic E-state index is 0.437. The number of nitrogens with zero attached hydrogens (tertiary/aromatic N) is 2. The molecule has 0 atom stereocenters. The van der Waals surface area contributed by atoms with E-state index in [1.54, 1.807) is 12.5 Å². The van der Waals surface area contributed by atoms with Gasteiger partial charge in [-0.15, -0.1) is 0 Å². The molecule has 14 heavy (non-hydrogen) atoms. The van der Waals surface area contributed by atoms with E-state index >= 15 is 0 Å². The average Bonchev–Trinajstić information content (AvgIpc) is 2.77. The molecule has 74 valence electrons. The first-order chi connectivity index (χ1) is 6.81. The highest BCUT2D eigenvalue weighted by molar-refractivity contribution is 5.21. The lowest BCUT2D eigenvalue weighted by molar-refractivity contribution is 0.508. The van der Waals surface area contributed by atoms with Crippen molar-refractivity contribution >= 4 is 0 Å². The van der Waals surface area contributed by atoms with Crippen LogP contribution >= 0.6 is 0 Å². The Hall–Kier alpha value is -1.55. The van der Waals surface area contributed by atoms with Crippen molar-refractivity contribution in [1.82, 2.24) is 9.55 Å². The number of furan rings is 1. The first kappa shape index (κ1) is 9.02. The predicted molar refractivity (Wildman–Crippen MR) is 52.6 cm³/mol. The van der Waals surface area contributed by atoms with Gasteiger partial charge in [0.1, 0.15) is 11.6 Å². The highest BCUT2D eigenvalue weighted by Gasteiger charge is 2.07. The fraction of sp³-hybridized carbons (Fsp3) is 0.300. The topological polar surface area (TPSA) is 57.0 Å². The van der Waals surface area contributed by atoms with Gasteiger partial charge < -0.3 is 14.7 Å². The van der Waals surface area contributed by atoms with Crippen LogP contribution in [0.25, 0.3) is 0 Å². The van der Waals surface area contributed by atoms with Crippen LogP contribution < -0.4 is 5.73 Å². The first-order valence-electron chi connectivity index (χ1n) is 4.52. The lowest BCUT2D eigenvalue weighted by Crippen LogP contribution is -2.02. The lowest BCUT2D eigenvalue weighted by Gasteiger charge is -2.01. The third-order valence-corrected chi connectivity index (χ3v) is 2.29. The Morgan fingerprint density at radius 1 is 1.57 bits per heavy atom. The molecule has 0 aliphatic heterocycles. The van der Waals surface area contributed by atoms with Crippen molar-refractivity contribution in [3.63, 3.8) is 0 Å². The Bertz CT molecular complexity index is 416. The first-order valence-corrected chi connectivity index (χ1v) is 4.52. The summed E-state index contributed by atoms with van der Waals surface area (Å²) in [6.07, 6.45) is 6.15. The maximum atomic E-state index is 5.54. The molecule has 0 bridgehead atoms. The quantitative estimate of drug-likeness (QED) is 0.789. The fourth-order valence-electron chi connectivity index (χ4n) is 1.44. The molecule has 0 aromatic carbocycles. The summed E-state index contributed by atoms with van der Waals surface area (Å²) in [6, 6.07) is 1.94. The summed E-state index contributed by atoms with van der Waals surface area (Å²) in [4.78, 5) is 4.25. The summed E-state index contributed by atoms with van der Waals surface area (Å²) in [5.74, 6) is 1.86. The summed E-state index contributed by atoms with van der Waals surface area (Å²) in [5, 5.41) is 0. The van der Waals surface area contributed by atoms with E-state index < -0.39 is 0 Å². The summed E-state index contributed by atoms with van der Waals surface area (Å²) >= 11 is 0. The van der Waals surface area contributed by atoms with Gasteiger partial charge in [0, 0.05) is 31.4 Å². The van der Waals surface area contributed by atoms with Crippen LogP contribution in [0.2, 0.25) is 0 Å². The molecular weight excluding hydrogens is 178 g/mol. The maximum absolute atomic E-state index is 5.54. The van der Waals surface area contributed by atoms with Crippen LogP contribution in [0.3, 0.4) is 0 Å². The van der Waals surface area contributed by atoms with Gasteiger partial charge in [0.2, 0.25) is 0 Å². The number of aromatic nitrogens is 2. The van der Waals surface area contributed by atoms with Gasteiger partial charge in [-0.1, -0.05) is 0 Å². The zero-order chi connectivity index (χ0) is 9.97. The SMILES string of the molecule is Cn1ccnc1Cc1ccoc1CN. The number of hydrogen-bond acceptors (Lipinski definition) is 3. The van der Waals surface area contributed by atoms with Crippen LogP contribution in [0.1, 0.15) is 17.1 Å². The van der Waals surface area contributed by atoms with Gasteiger partial charge in [-0.25, -0.2) is 4.98 Å². The summed E-state index contributed by atoms with van der Waals surface area (Å²) in [5.41, 5.74) is 6.65. The fourth-order valence-corrected chi connectivity index (χ4v) is 1.44. The van der Waals surface area contributed by atoms with Gasteiger partial charge in [-0.05, 0) is 6.07 Å². The van der Waals surface area contributed by atoms with Crippen molar-refractivity contribution in [2.24, 2.45) is 12.8 Å². The second-order valence-corrected chi connectivity index (χ2v) is 3.20. The zero-order valence-electron chi connectivity index (χ0n) is 8.10. The molecule has 2 aromatic heterocycles. The Morgan fingerprint density at radius 3 is 3.07 bits per heavy atom. The van der Waals surface area contributed by atoms with Gasteiger partial charge in [0.15, 0.2) is 0 Å². The van der Waals surface area contributed by atoms with Crippen LogP contribution in [-0.2, 0) is 20.0 Å². The van der Waals surface area contributed by atoms with Crippen molar-refractivity contribution in [2.75, 3.05) is 0 Å². The van der Waals surface area contributed by atoms with E-state index in [0.717, 1.165) is 23.6 Å². The predicted octanol–water partition coefficient (Wildman–Crippen LogP) is 1.06. The van der Waals surface area contributed by atoms with E-state index in [0.29, 0.717) is 6.54 Å². The van der Waals surface area contributed by atoms with Crippen LogP contribution in [0.15, 0.2) is 29.1 Å². The molecule has 4 heteroatoms. The second kappa shape index (κ2) is 3.67. The van der Waals surface area contributed by atoms with Gasteiger partial charge in [-0.2, -0.15) is 0 Å². The summed E-state index contributed by atoms with van der Waals surface area (Å²) in [7, 11) is 1.98. The molecule has 4 nitrogen and oxygen atoms in total. The van der Waals surface area contributed by atoms with E-state index in [9.17, 15) is 0 Å². The Labute approximate surface area is 82.4 Å². The largest absolute Gasteiger partial charge is 0.468 e. The molecule has 2 aromatic rings. The molecule has 0 fully saturated rings. The van der Waals surface area contributed by atoms with Crippen molar-refractivity contribution in [2.45, 2.75) is 13.0 Å². The monoisotopic (exact) mass is 191 g/mol. The minimum Gasteiger partial charge on any atom is -0.468 e. The van der Waals surface area contributed by atoms with Crippen LogP contribution in [0.4, 0.5) is 0 Å². The van der Waals surface area contributed by atoms with E-state index in [1.165, 1.54) is 0 Å². The van der Waals surface area contributed by atoms with Crippen LogP contribution in [0, 0.1) is 0 Å². The van der Waals surface area contributed by atoms with Gasteiger partial charge in [0.25, 0.3) is 0 Å². The second-order valence-electron chi connectivity index (χ2n) is 3.20. The number of imidazole rings is 1. The summed E-state index contributed by atoms with van der Waals surface area (Å²) in [6.45, 7) is 0.437. The molecule has 0 aliphatic carbocycles. The van der Waals surface area contributed by atoms with E-state index in [1.807, 2.05) is 23.9 Å². The normalized spacial score (nSPS) is 10.7. The van der Waals surface area contributed by atoms with Gasteiger partial charge in [-0.3, -0.25) is 0 Å². The molecular formula is C10H13N3O. The minimum atomic E-state index is 0.437. The third kappa shape index (κ3) is 1.56. The number of rotatable bonds is 3. The Kier molecular flexibility index (Phi) is 2.37. The van der Waals surface area contributed by atoms with Crippen LogP contribution in [0.5, 0.6) is 0 Å². The lowest BCUT2D eigenvalue weighted by atomic mass is 10.2. The van der Waals surface area contributed by atoms with Crippen molar-refractivity contribution in [3.8, 4) is 0 Å². The highest BCUT2D eigenvalue weighted by atomic mass is 16.3. The van der Waals surface area contributed by atoms with E-state index in [-0.39, 0.29) is 0 Å². The average molecular weight is 191 g/mol. The zero-order valence-corrected chi connectivity index (χ0v) is 8.10. The van der Waals surface area contributed by atoms with Crippen LogP contribution in [-0.4, -0.2) is 9.55 Å². The Balaban J connectivity index is 2.22. The number of hydrogen-bond donors (Lipinski definition) is 1. The summed E-state index contributed by atoms with van der Waals surface area (Å²) < 4.78 is 7.23. The van der Waals surface area contributed by atoms with E-state index in [2.05, 4.69) is 4.98 Å². The standard InChI is InChI=1S/C10H13N3O/c1-13-4-3-12-10(13)6-8-2-5-14-9(8)7-11/h2-5H,6-7,11H2,1H3. The van der Waals surface area contributed by atoms with Crippen molar-refractivity contribution in [1.29, 1.82) is 0 Å². The molecule has 2 heterocycles. The molecule has 0 amide bonds.